The second-order valence-corrected chi connectivity index (χ2v) is 5.15. The van der Waals surface area contributed by atoms with E-state index in [1.54, 1.807) is 0 Å². The molecule has 0 aliphatic rings. The number of rotatable bonds is 8. The van der Waals surface area contributed by atoms with E-state index in [1.165, 1.54) is 0 Å². The second kappa shape index (κ2) is 7.84. The molecule has 3 N–H and O–H groups in total. The third-order valence-corrected chi connectivity index (χ3v) is 2.53. The van der Waals surface area contributed by atoms with Gasteiger partial charge in [-0.15, -0.1) is 0 Å². The normalized spacial score (nSPS) is 12.6. The van der Waals surface area contributed by atoms with E-state index >= 15 is 0 Å². The number of aromatic nitrogens is 3. The van der Waals surface area contributed by atoms with Crippen LogP contribution in [0.15, 0.2) is 0 Å². The maximum Gasteiger partial charge on any atom is 0.323 e. The molecule has 0 radical (unpaired) electrons. The first-order chi connectivity index (χ1) is 9.42. The quantitative estimate of drug-likeness (QED) is 0.666. The van der Waals surface area contributed by atoms with Gasteiger partial charge >= 0.3 is 6.01 Å². The topological polar surface area (TPSA) is 92.2 Å². The van der Waals surface area contributed by atoms with Crippen molar-refractivity contribution in [3.05, 3.63) is 0 Å². The van der Waals surface area contributed by atoms with Crippen LogP contribution in [-0.4, -0.2) is 45.4 Å². The molecule has 7 heteroatoms. The third kappa shape index (κ3) is 5.56. The van der Waals surface area contributed by atoms with E-state index in [4.69, 9.17) is 4.74 Å². The van der Waals surface area contributed by atoms with Crippen molar-refractivity contribution >= 4 is 11.9 Å². The van der Waals surface area contributed by atoms with E-state index in [9.17, 15) is 5.11 Å². The van der Waals surface area contributed by atoms with Crippen molar-refractivity contribution < 1.29 is 9.84 Å². The summed E-state index contributed by atoms with van der Waals surface area (Å²) in [6.07, 6.45) is -0.468. The summed E-state index contributed by atoms with van der Waals surface area (Å²) >= 11 is 0. The van der Waals surface area contributed by atoms with Crippen molar-refractivity contribution in [2.45, 2.75) is 46.8 Å². The van der Waals surface area contributed by atoms with Crippen LogP contribution in [0.3, 0.4) is 0 Å². The molecule has 1 rings (SSSR count). The predicted octanol–water partition coefficient (Wildman–Crippen LogP) is 1.52. The van der Waals surface area contributed by atoms with Crippen molar-refractivity contribution in [2.75, 3.05) is 23.7 Å². The fourth-order valence-electron chi connectivity index (χ4n) is 1.37. The zero-order chi connectivity index (χ0) is 15.1. The lowest BCUT2D eigenvalue weighted by Gasteiger charge is -2.16. The van der Waals surface area contributed by atoms with E-state index in [1.807, 2.05) is 34.6 Å². The van der Waals surface area contributed by atoms with Crippen LogP contribution in [0.1, 0.15) is 34.6 Å². The Morgan fingerprint density at radius 2 is 1.65 bits per heavy atom. The Morgan fingerprint density at radius 1 is 1.05 bits per heavy atom. The monoisotopic (exact) mass is 283 g/mol. The van der Waals surface area contributed by atoms with E-state index < -0.39 is 6.10 Å². The van der Waals surface area contributed by atoms with E-state index in [-0.39, 0.29) is 18.0 Å². The number of ether oxygens (including phenoxy) is 1. The zero-order valence-corrected chi connectivity index (χ0v) is 12.8. The van der Waals surface area contributed by atoms with Crippen LogP contribution in [-0.2, 0) is 0 Å². The molecule has 1 heterocycles. The van der Waals surface area contributed by atoms with Gasteiger partial charge in [-0.1, -0.05) is 13.8 Å². The number of hydrogen-bond acceptors (Lipinski definition) is 7. The maximum atomic E-state index is 9.79. The Labute approximate surface area is 120 Å². The van der Waals surface area contributed by atoms with Crippen LogP contribution < -0.4 is 15.4 Å². The highest BCUT2D eigenvalue weighted by Gasteiger charge is 2.12. The minimum Gasteiger partial charge on any atom is -0.461 e. The second-order valence-electron chi connectivity index (χ2n) is 5.15. The summed E-state index contributed by atoms with van der Waals surface area (Å²) in [7, 11) is 0. The molecule has 20 heavy (non-hydrogen) atoms. The summed E-state index contributed by atoms with van der Waals surface area (Å²) in [6, 6.07) is 0.271. The molecule has 0 saturated carbocycles. The van der Waals surface area contributed by atoms with Gasteiger partial charge in [-0.2, -0.15) is 15.0 Å². The Kier molecular flexibility index (Phi) is 6.44. The molecule has 0 bridgehead atoms. The van der Waals surface area contributed by atoms with Crippen molar-refractivity contribution in [3.63, 3.8) is 0 Å². The first-order valence-corrected chi connectivity index (χ1v) is 7.00. The Balaban J connectivity index is 2.79. The van der Waals surface area contributed by atoms with Gasteiger partial charge in [0.2, 0.25) is 11.9 Å². The predicted molar refractivity (Wildman–Crippen MR) is 79.1 cm³/mol. The van der Waals surface area contributed by atoms with Gasteiger partial charge in [0.25, 0.3) is 0 Å². The maximum absolute atomic E-state index is 9.79. The van der Waals surface area contributed by atoms with E-state index in [2.05, 4.69) is 25.6 Å². The Hall–Kier alpha value is -1.63. The summed E-state index contributed by atoms with van der Waals surface area (Å²) < 4.78 is 5.49. The lowest BCUT2D eigenvalue weighted by atomic mass is 10.1. The molecule has 0 saturated heterocycles. The van der Waals surface area contributed by atoms with Gasteiger partial charge in [0, 0.05) is 13.1 Å². The van der Waals surface area contributed by atoms with Gasteiger partial charge < -0.3 is 20.5 Å². The van der Waals surface area contributed by atoms with Gasteiger partial charge in [-0.25, -0.2) is 0 Å². The number of nitrogens with zero attached hydrogens (tertiary/aromatic N) is 3. The standard InChI is InChI=1S/C13H25N5O2/c1-6-14-11-16-12(15-7-10(19)8(2)3)18-13(17-11)20-9(4)5/h8-10,19H,6-7H2,1-5H3,(H2,14,15,16,17,18). The van der Waals surface area contributed by atoms with E-state index in [0.717, 1.165) is 0 Å². The van der Waals surface area contributed by atoms with E-state index in [0.29, 0.717) is 25.0 Å². The number of hydrogen-bond donors (Lipinski definition) is 3. The summed E-state index contributed by atoms with van der Waals surface area (Å²) in [5.41, 5.74) is 0. The van der Waals surface area contributed by atoms with Crippen LogP contribution in [0.5, 0.6) is 6.01 Å². The number of anilines is 2. The SMILES string of the molecule is CCNc1nc(NCC(O)C(C)C)nc(OC(C)C)n1. The van der Waals surface area contributed by atoms with Gasteiger partial charge in [-0.05, 0) is 26.7 Å². The lowest BCUT2D eigenvalue weighted by molar-refractivity contribution is 0.137. The van der Waals surface area contributed by atoms with Gasteiger partial charge in [-0.3, -0.25) is 0 Å². The highest BCUT2D eigenvalue weighted by molar-refractivity contribution is 5.35. The summed E-state index contributed by atoms with van der Waals surface area (Å²) in [4.78, 5) is 12.6. The zero-order valence-electron chi connectivity index (χ0n) is 12.8. The molecule has 1 aromatic heterocycles. The summed E-state index contributed by atoms with van der Waals surface area (Å²) in [6.45, 7) is 10.8. The number of aliphatic hydroxyl groups excluding tert-OH is 1. The van der Waals surface area contributed by atoms with Gasteiger partial charge in [0.05, 0.1) is 12.2 Å². The molecule has 0 spiro atoms. The summed E-state index contributed by atoms with van der Waals surface area (Å²) in [5, 5.41) is 15.8. The Bertz CT molecular complexity index is 412. The molecule has 0 aliphatic carbocycles. The molecule has 0 amide bonds. The van der Waals surface area contributed by atoms with Crippen molar-refractivity contribution in [3.8, 4) is 6.01 Å². The van der Waals surface area contributed by atoms with Crippen LogP contribution in [0, 0.1) is 5.92 Å². The van der Waals surface area contributed by atoms with Crippen LogP contribution in [0.2, 0.25) is 0 Å². The summed E-state index contributed by atoms with van der Waals surface area (Å²) in [5.74, 6) is 1.02. The average molecular weight is 283 g/mol. The van der Waals surface area contributed by atoms with Gasteiger partial charge in [0.15, 0.2) is 0 Å². The smallest absolute Gasteiger partial charge is 0.323 e. The van der Waals surface area contributed by atoms with Crippen LogP contribution in [0.4, 0.5) is 11.9 Å². The molecule has 114 valence electrons. The molecule has 7 nitrogen and oxygen atoms in total. The van der Waals surface area contributed by atoms with Crippen molar-refractivity contribution in [1.82, 2.24) is 15.0 Å². The first kappa shape index (κ1) is 16.4. The fourth-order valence-corrected chi connectivity index (χ4v) is 1.37. The molecule has 0 aliphatic heterocycles. The number of nitrogens with one attached hydrogen (secondary N) is 2. The minimum absolute atomic E-state index is 0.0130. The molecular formula is C13H25N5O2. The van der Waals surface area contributed by atoms with Crippen LogP contribution in [0.25, 0.3) is 0 Å². The molecular weight excluding hydrogens is 258 g/mol. The lowest BCUT2D eigenvalue weighted by Crippen LogP contribution is -2.26. The highest BCUT2D eigenvalue weighted by atomic mass is 16.5. The molecule has 1 aromatic rings. The third-order valence-electron chi connectivity index (χ3n) is 2.53. The van der Waals surface area contributed by atoms with Crippen molar-refractivity contribution in [2.24, 2.45) is 5.92 Å². The number of aliphatic hydroxyl groups is 1. The minimum atomic E-state index is -0.455. The van der Waals surface area contributed by atoms with Gasteiger partial charge in [0.1, 0.15) is 0 Å². The molecule has 0 fully saturated rings. The highest BCUT2D eigenvalue weighted by Crippen LogP contribution is 2.13. The van der Waals surface area contributed by atoms with Crippen LogP contribution >= 0.6 is 0 Å². The fraction of sp³-hybridized carbons (Fsp3) is 0.769. The molecule has 0 aromatic carbocycles. The average Bonchev–Trinajstić information content (AvgIpc) is 2.35. The largest absolute Gasteiger partial charge is 0.461 e. The molecule has 1 atom stereocenters. The molecule has 1 unspecified atom stereocenters. The first-order valence-electron chi connectivity index (χ1n) is 7.00. The Morgan fingerprint density at radius 3 is 2.15 bits per heavy atom. The van der Waals surface area contributed by atoms with Crippen molar-refractivity contribution in [1.29, 1.82) is 0 Å².